The lowest BCUT2D eigenvalue weighted by Gasteiger charge is -2.32. The minimum absolute atomic E-state index is 0.0389. The number of carbonyl (C=O) groups excluding carboxylic acids is 2. The summed E-state index contributed by atoms with van der Waals surface area (Å²) in [7, 11) is 0. The van der Waals surface area contributed by atoms with Crippen LogP contribution in [0, 0.1) is 5.92 Å². The number of carbonyl (C=O) groups is 2. The highest BCUT2D eigenvalue weighted by molar-refractivity contribution is 5.93. The predicted molar refractivity (Wildman–Crippen MR) is 84.5 cm³/mol. The molecule has 0 unspecified atom stereocenters. The molecule has 0 atom stereocenters. The number of amides is 3. The van der Waals surface area contributed by atoms with Crippen LogP contribution in [0.5, 0.6) is 0 Å². The second-order valence-corrected chi connectivity index (χ2v) is 5.99. The van der Waals surface area contributed by atoms with Crippen LogP contribution in [0.15, 0.2) is 24.5 Å². The number of nitrogens with one attached hydrogen (secondary N) is 2. The largest absolute Gasteiger partial charge is 0.339 e. The molecule has 0 bridgehead atoms. The first-order chi connectivity index (χ1) is 10.6. The van der Waals surface area contributed by atoms with Crippen LogP contribution < -0.4 is 10.6 Å². The summed E-state index contributed by atoms with van der Waals surface area (Å²) in [5, 5.41) is 5.71. The van der Waals surface area contributed by atoms with Crippen molar-refractivity contribution in [2.75, 3.05) is 19.6 Å². The molecule has 22 heavy (non-hydrogen) atoms. The van der Waals surface area contributed by atoms with Gasteiger partial charge in [0.05, 0.1) is 5.56 Å². The molecule has 0 saturated carbocycles. The highest BCUT2D eigenvalue weighted by Gasteiger charge is 2.23. The first-order valence-electron chi connectivity index (χ1n) is 7.80. The standard InChI is InChI=1S/C16H24N4O2/c1-12(2)19-16(22)18-10-13-5-8-20(9-6-13)15(21)14-4-3-7-17-11-14/h3-4,7,11-13H,5-6,8-10H2,1-2H3,(H2,18,19,22). The molecule has 2 N–H and O–H groups in total. The molecule has 3 amide bonds. The Hall–Kier alpha value is -2.11. The molecule has 120 valence electrons. The fourth-order valence-corrected chi connectivity index (χ4v) is 2.56. The highest BCUT2D eigenvalue weighted by Crippen LogP contribution is 2.18. The topological polar surface area (TPSA) is 74.3 Å². The van der Waals surface area contributed by atoms with E-state index in [2.05, 4.69) is 15.6 Å². The number of urea groups is 1. The zero-order valence-corrected chi connectivity index (χ0v) is 13.2. The predicted octanol–water partition coefficient (Wildman–Crippen LogP) is 1.64. The maximum atomic E-state index is 12.3. The van der Waals surface area contributed by atoms with Gasteiger partial charge in [0.15, 0.2) is 0 Å². The van der Waals surface area contributed by atoms with Crippen molar-refractivity contribution in [2.45, 2.75) is 32.7 Å². The quantitative estimate of drug-likeness (QED) is 0.888. The second-order valence-electron chi connectivity index (χ2n) is 5.99. The fraction of sp³-hybridized carbons (Fsp3) is 0.562. The van der Waals surface area contributed by atoms with Crippen LogP contribution in [0.4, 0.5) is 4.79 Å². The van der Waals surface area contributed by atoms with Crippen molar-refractivity contribution >= 4 is 11.9 Å². The summed E-state index contributed by atoms with van der Waals surface area (Å²) >= 11 is 0. The second kappa shape index (κ2) is 7.77. The normalized spacial score (nSPS) is 15.7. The van der Waals surface area contributed by atoms with Gasteiger partial charge in [-0.05, 0) is 44.7 Å². The lowest BCUT2D eigenvalue weighted by atomic mass is 9.96. The van der Waals surface area contributed by atoms with Crippen LogP contribution in [-0.2, 0) is 0 Å². The van der Waals surface area contributed by atoms with E-state index >= 15 is 0 Å². The number of hydrogen-bond acceptors (Lipinski definition) is 3. The number of piperidine rings is 1. The zero-order chi connectivity index (χ0) is 15.9. The Morgan fingerprint density at radius 2 is 2.09 bits per heavy atom. The molecule has 6 heteroatoms. The van der Waals surface area contributed by atoms with Gasteiger partial charge < -0.3 is 15.5 Å². The zero-order valence-electron chi connectivity index (χ0n) is 13.2. The van der Waals surface area contributed by atoms with Crippen LogP contribution in [-0.4, -0.2) is 47.5 Å². The Balaban J connectivity index is 1.74. The van der Waals surface area contributed by atoms with Gasteiger partial charge >= 0.3 is 6.03 Å². The number of likely N-dealkylation sites (tertiary alicyclic amines) is 1. The Labute approximate surface area is 131 Å². The van der Waals surface area contributed by atoms with Crippen molar-refractivity contribution < 1.29 is 9.59 Å². The molecule has 1 fully saturated rings. The molecule has 0 aliphatic carbocycles. The minimum Gasteiger partial charge on any atom is -0.339 e. The van der Waals surface area contributed by atoms with Crippen LogP contribution in [0.25, 0.3) is 0 Å². The Morgan fingerprint density at radius 3 is 2.68 bits per heavy atom. The third-order valence-corrected chi connectivity index (χ3v) is 3.78. The molecule has 1 aliphatic rings. The average molecular weight is 304 g/mol. The summed E-state index contributed by atoms with van der Waals surface area (Å²) in [5.41, 5.74) is 0.635. The first kappa shape index (κ1) is 16.3. The number of hydrogen-bond donors (Lipinski definition) is 2. The Morgan fingerprint density at radius 1 is 1.36 bits per heavy atom. The molecule has 0 aromatic carbocycles. The van der Waals surface area contributed by atoms with Crippen LogP contribution in [0.1, 0.15) is 37.0 Å². The summed E-state index contributed by atoms with van der Waals surface area (Å²) in [4.78, 5) is 29.7. The van der Waals surface area contributed by atoms with Crippen molar-refractivity contribution in [3.05, 3.63) is 30.1 Å². The van der Waals surface area contributed by atoms with E-state index in [0.717, 1.165) is 25.9 Å². The molecule has 2 rings (SSSR count). The molecule has 1 aliphatic heterocycles. The SMILES string of the molecule is CC(C)NC(=O)NCC1CCN(C(=O)c2cccnc2)CC1. The van der Waals surface area contributed by atoms with Gasteiger partial charge in [-0.25, -0.2) is 4.79 Å². The maximum absolute atomic E-state index is 12.3. The molecular weight excluding hydrogens is 280 g/mol. The Kier molecular flexibility index (Phi) is 5.75. The lowest BCUT2D eigenvalue weighted by molar-refractivity contribution is 0.0690. The van der Waals surface area contributed by atoms with E-state index < -0.39 is 0 Å². The van der Waals surface area contributed by atoms with E-state index in [1.165, 1.54) is 0 Å². The van der Waals surface area contributed by atoms with Crippen molar-refractivity contribution in [3.8, 4) is 0 Å². The first-order valence-corrected chi connectivity index (χ1v) is 7.80. The average Bonchev–Trinajstić information content (AvgIpc) is 2.53. The molecule has 2 heterocycles. The van der Waals surface area contributed by atoms with Crippen molar-refractivity contribution in [1.82, 2.24) is 20.5 Å². The van der Waals surface area contributed by atoms with Crippen LogP contribution in [0.3, 0.4) is 0 Å². The van der Waals surface area contributed by atoms with E-state index in [4.69, 9.17) is 0 Å². The van der Waals surface area contributed by atoms with Gasteiger partial charge in [-0.1, -0.05) is 0 Å². The van der Waals surface area contributed by atoms with E-state index in [1.54, 1.807) is 24.5 Å². The molecule has 1 aromatic heterocycles. The highest BCUT2D eigenvalue weighted by atomic mass is 16.2. The lowest BCUT2D eigenvalue weighted by Crippen LogP contribution is -2.44. The third-order valence-electron chi connectivity index (χ3n) is 3.78. The van der Waals surface area contributed by atoms with E-state index in [9.17, 15) is 9.59 Å². The van der Waals surface area contributed by atoms with Gasteiger partial charge in [-0.2, -0.15) is 0 Å². The third kappa shape index (κ3) is 4.72. The summed E-state index contributed by atoms with van der Waals surface area (Å²) in [5.74, 6) is 0.466. The monoisotopic (exact) mass is 304 g/mol. The molecule has 1 aromatic rings. The fourth-order valence-electron chi connectivity index (χ4n) is 2.56. The van der Waals surface area contributed by atoms with Crippen molar-refractivity contribution in [2.24, 2.45) is 5.92 Å². The van der Waals surface area contributed by atoms with Gasteiger partial charge in [-0.3, -0.25) is 9.78 Å². The molecular formula is C16H24N4O2. The summed E-state index contributed by atoms with van der Waals surface area (Å²) < 4.78 is 0. The van der Waals surface area contributed by atoms with Gasteiger partial charge in [0.1, 0.15) is 0 Å². The number of aromatic nitrogens is 1. The van der Waals surface area contributed by atoms with Crippen LogP contribution in [0.2, 0.25) is 0 Å². The maximum Gasteiger partial charge on any atom is 0.314 e. The van der Waals surface area contributed by atoms with Crippen molar-refractivity contribution in [3.63, 3.8) is 0 Å². The molecule has 1 saturated heterocycles. The smallest absolute Gasteiger partial charge is 0.314 e. The van der Waals surface area contributed by atoms with Gasteiger partial charge in [0.2, 0.25) is 0 Å². The van der Waals surface area contributed by atoms with Gasteiger partial charge in [0, 0.05) is 38.1 Å². The number of rotatable bonds is 4. The molecule has 0 spiro atoms. The Bertz CT molecular complexity index is 496. The van der Waals surface area contributed by atoms with E-state index in [1.807, 2.05) is 18.7 Å². The number of pyridine rings is 1. The van der Waals surface area contributed by atoms with Crippen LogP contribution >= 0.6 is 0 Å². The molecule has 0 radical (unpaired) electrons. The summed E-state index contributed by atoms with van der Waals surface area (Å²) in [6, 6.07) is 3.58. The van der Waals surface area contributed by atoms with Gasteiger partial charge in [0.25, 0.3) is 5.91 Å². The minimum atomic E-state index is -0.121. The summed E-state index contributed by atoms with van der Waals surface area (Å²) in [6.45, 7) is 5.98. The van der Waals surface area contributed by atoms with Gasteiger partial charge in [-0.15, -0.1) is 0 Å². The summed E-state index contributed by atoms with van der Waals surface area (Å²) in [6.07, 6.45) is 5.09. The van der Waals surface area contributed by atoms with E-state index in [-0.39, 0.29) is 18.0 Å². The molecule has 6 nitrogen and oxygen atoms in total. The number of nitrogens with zero attached hydrogens (tertiary/aromatic N) is 2. The van der Waals surface area contributed by atoms with Crippen molar-refractivity contribution in [1.29, 1.82) is 0 Å². The van der Waals surface area contributed by atoms with E-state index in [0.29, 0.717) is 18.0 Å².